The third-order valence-corrected chi connectivity index (χ3v) is 3.23. The Morgan fingerprint density at radius 3 is 2.72 bits per heavy atom. The second-order valence-corrected chi connectivity index (χ2v) is 4.79. The molecule has 1 saturated heterocycles. The summed E-state index contributed by atoms with van der Waals surface area (Å²) in [6, 6.07) is 1.73. The van der Waals surface area contributed by atoms with Gasteiger partial charge in [-0.1, -0.05) is 0 Å². The minimum absolute atomic E-state index is 0.0757. The smallest absolute Gasteiger partial charge is 0.229 e. The molecular formula is C11H9BrF2N2O2. The predicted molar refractivity (Wildman–Crippen MR) is 63.8 cm³/mol. The molecule has 18 heavy (non-hydrogen) atoms. The zero-order valence-corrected chi connectivity index (χ0v) is 10.7. The van der Waals surface area contributed by atoms with Crippen molar-refractivity contribution in [1.29, 1.82) is 0 Å². The molecule has 1 aromatic rings. The molecule has 1 aliphatic heterocycles. The van der Waals surface area contributed by atoms with Crippen molar-refractivity contribution >= 4 is 33.4 Å². The molecule has 0 bridgehead atoms. The van der Waals surface area contributed by atoms with E-state index in [0.717, 1.165) is 6.07 Å². The van der Waals surface area contributed by atoms with Crippen molar-refractivity contribution in [2.45, 2.75) is 6.42 Å². The number of rotatable bonds is 2. The summed E-state index contributed by atoms with van der Waals surface area (Å²) < 4.78 is 26.4. The molecule has 0 aliphatic carbocycles. The predicted octanol–water partition coefficient (Wildman–Crippen LogP) is 1.80. The van der Waals surface area contributed by atoms with Crippen LogP contribution in [0.1, 0.15) is 6.42 Å². The number of hydrogen-bond acceptors (Lipinski definition) is 2. The van der Waals surface area contributed by atoms with E-state index in [1.165, 1.54) is 0 Å². The number of halogens is 3. The maximum absolute atomic E-state index is 13.5. The summed E-state index contributed by atoms with van der Waals surface area (Å²) in [5, 5.41) is 4.86. The van der Waals surface area contributed by atoms with Crippen LogP contribution in [0.15, 0.2) is 16.6 Å². The number of carbonyl (C=O) groups is 2. The van der Waals surface area contributed by atoms with Crippen molar-refractivity contribution in [2.75, 3.05) is 11.9 Å². The molecule has 7 heteroatoms. The average Bonchev–Trinajstić information content (AvgIpc) is 2.70. The van der Waals surface area contributed by atoms with Gasteiger partial charge < -0.3 is 10.6 Å². The molecule has 1 unspecified atom stereocenters. The Morgan fingerprint density at radius 1 is 1.44 bits per heavy atom. The van der Waals surface area contributed by atoms with E-state index in [2.05, 4.69) is 26.6 Å². The molecule has 0 saturated carbocycles. The Balaban J connectivity index is 2.14. The molecule has 2 rings (SSSR count). The Labute approximate surface area is 110 Å². The van der Waals surface area contributed by atoms with E-state index in [1.54, 1.807) is 0 Å². The minimum Gasteiger partial charge on any atom is -0.355 e. The maximum Gasteiger partial charge on any atom is 0.229 e. The molecule has 1 heterocycles. The summed E-state index contributed by atoms with van der Waals surface area (Å²) in [5.41, 5.74) is -0.124. The highest BCUT2D eigenvalue weighted by molar-refractivity contribution is 9.10. The van der Waals surface area contributed by atoms with Crippen LogP contribution in [0.25, 0.3) is 0 Å². The van der Waals surface area contributed by atoms with Gasteiger partial charge in [-0.3, -0.25) is 9.59 Å². The second kappa shape index (κ2) is 5.01. The van der Waals surface area contributed by atoms with Gasteiger partial charge in [-0.2, -0.15) is 0 Å². The summed E-state index contributed by atoms with van der Waals surface area (Å²) in [4.78, 5) is 22.7. The first-order chi connectivity index (χ1) is 8.47. The maximum atomic E-state index is 13.5. The molecule has 4 nitrogen and oxygen atoms in total. The fourth-order valence-corrected chi connectivity index (χ4v) is 2.18. The molecule has 2 amide bonds. The number of nitrogens with one attached hydrogen (secondary N) is 2. The van der Waals surface area contributed by atoms with Gasteiger partial charge in [-0.25, -0.2) is 8.78 Å². The van der Waals surface area contributed by atoms with E-state index in [9.17, 15) is 18.4 Å². The van der Waals surface area contributed by atoms with Gasteiger partial charge in [-0.15, -0.1) is 0 Å². The van der Waals surface area contributed by atoms with Crippen molar-refractivity contribution in [3.05, 3.63) is 28.2 Å². The van der Waals surface area contributed by atoms with E-state index in [0.29, 0.717) is 6.07 Å². The summed E-state index contributed by atoms with van der Waals surface area (Å²) in [7, 11) is 0. The van der Waals surface area contributed by atoms with Gasteiger partial charge in [0, 0.05) is 23.5 Å². The molecule has 1 atom stereocenters. The zero-order chi connectivity index (χ0) is 13.3. The lowest BCUT2D eigenvalue weighted by atomic mass is 10.1. The van der Waals surface area contributed by atoms with E-state index < -0.39 is 23.5 Å². The van der Waals surface area contributed by atoms with E-state index >= 15 is 0 Å². The molecule has 0 aromatic heterocycles. The third-order valence-electron chi connectivity index (χ3n) is 2.60. The van der Waals surface area contributed by atoms with Gasteiger partial charge >= 0.3 is 0 Å². The first-order valence-electron chi connectivity index (χ1n) is 5.19. The van der Waals surface area contributed by atoms with Crippen LogP contribution in [-0.2, 0) is 9.59 Å². The highest BCUT2D eigenvalue weighted by atomic mass is 79.9. The number of hydrogen-bond donors (Lipinski definition) is 2. The first kappa shape index (κ1) is 12.9. The quantitative estimate of drug-likeness (QED) is 0.873. The minimum atomic E-state index is -0.868. The Bertz CT molecular complexity index is 499. The highest BCUT2D eigenvalue weighted by Crippen LogP contribution is 2.27. The van der Waals surface area contributed by atoms with Crippen molar-refractivity contribution < 1.29 is 18.4 Å². The van der Waals surface area contributed by atoms with Crippen LogP contribution in [0.3, 0.4) is 0 Å². The molecule has 2 N–H and O–H groups in total. The summed E-state index contributed by atoms with van der Waals surface area (Å²) in [6.45, 7) is 0.227. The number of anilines is 1. The van der Waals surface area contributed by atoms with Gasteiger partial charge in [0.1, 0.15) is 5.82 Å². The average molecular weight is 319 g/mol. The standard InChI is InChI=1S/C11H9BrF2N2O2/c12-7-2-6(13)3-8(14)10(7)16-11(18)5-1-9(17)15-4-5/h2-3,5H,1,4H2,(H,15,17)(H,16,18). The molecular weight excluding hydrogens is 310 g/mol. The van der Waals surface area contributed by atoms with E-state index in [4.69, 9.17) is 0 Å². The lowest BCUT2D eigenvalue weighted by Gasteiger charge is -2.11. The van der Waals surface area contributed by atoms with Gasteiger partial charge in [0.15, 0.2) is 5.82 Å². The molecule has 96 valence electrons. The van der Waals surface area contributed by atoms with Crippen molar-refractivity contribution in [3.8, 4) is 0 Å². The van der Waals surface area contributed by atoms with Crippen LogP contribution in [0, 0.1) is 17.6 Å². The fourth-order valence-electron chi connectivity index (χ4n) is 1.68. The summed E-state index contributed by atoms with van der Waals surface area (Å²) >= 11 is 2.97. The van der Waals surface area contributed by atoms with Crippen LogP contribution >= 0.6 is 15.9 Å². The fraction of sp³-hybridized carbons (Fsp3) is 0.273. The summed E-state index contributed by atoms with van der Waals surface area (Å²) in [6.07, 6.45) is 0.0757. The summed E-state index contributed by atoms with van der Waals surface area (Å²) in [5.74, 6) is -2.83. The van der Waals surface area contributed by atoms with Gasteiger partial charge in [0.25, 0.3) is 0 Å². The van der Waals surface area contributed by atoms with Crippen molar-refractivity contribution in [1.82, 2.24) is 5.32 Å². The van der Waals surface area contributed by atoms with E-state index in [-0.39, 0.29) is 29.0 Å². The lowest BCUT2D eigenvalue weighted by Crippen LogP contribution is -2.25. The second-order valence-electron chi connectivity index (χ2n) is 3.94. The Morgan fingerprint density at radius 2 is 2.17 bits per heavy atom. The third kappa shape index (κ3) is 2.66. The lowest BCUT2D eigenvalue weighted by molar-refractivity contribution is -0.123. The van der Waals surface area contributed by atoms with Crippen LogP contribution in [0.5, 0.6) is 0 Å². The van der Waals surface area contributed by atoms with Crippen LogP contribution in [-0.4, -0.2) is 18.4 Å². The number of carbonyl (C=O) groups excluding carboxylic acids is 2. The number of amides is 2. The van der Waals surface area contributed by atoms with Crippen molar-refractivity contribution in [2.24, 2.45) is 5.92 Å². The van der Waals surface area contributed by atoms with Gasteiger partial charge in [-0.05, 0) is 22.0 Å². The molecule has 0 spiro atoms. The molecule has 1 aliphatic rings. The van der Waals surface area contributed by atoms with Crippen LogP contribution in [0.2, 0.25) is 0 Å². The largest absolute Gasteiger partial charge is 0.355 e. The SMILES string of the molecule is O=C1CC(C(=O)Nc2c(F)cc(F)cc2Br)CN1. The topological polar surface area (TPSA) is 58.2 Å². The molecule has 0 radical (unpaired) electrons. The van der Waals surface area contributed by atoms with Crippen LogP contribution < -0.4 is 10.6 Å². The highest BCUT2D eigenvalue weighted by Gasteiger charge is 2.28. The zero-order valence-electron chi connectivity index (χ0n) is 9.10. The molecule has 1 fully saturated rings. The van der Waals surface area contributed by atoms with Gasteiger partial charge in [0.2, 0.25) is 11.8 Å². The van der Waals surface area contributed by atoms with E-state index in [1.807, 2.05) is 0 Å². The van der Waals surface area contributed by atoms with Crippen molar-refractivity contribution in [3.63, 3.8) is 0 Å². The Hall–Kier alpha value is -1.50. The monoisotopic (exact) mass is 318 g/mol. The number of benzene rings is 1. The van der Waals surface area contributed by atoms with Gasteiger partial charge in [0.05, 0.1) is 11.6 Å². The van der Waals surface area contributed by atoms with Crippen LogP contribution in [0.4, 0.5) is 14.5 Å². The normalized spacial score (nSPS) is 18.6. The first-order valence-corrected chi connectivity index (χ1v) is 5.99. The molecule has 1 aromatic carbocycles. The Kier molecular flexibility index (Phi) is 3.60.